The van der Waals surface area contributed by atoms with Crippen molar-refractivity contribution in [3.8, 4) is 0 Å². The number of nitrogens with zero attached hydrogens (tertiary/aromatic N) is 3. The average Bonchev–Trinajstić information content (AvgIpc) is 2.58. The van der Waals surface area contributed by atoms with Gasteiger partial charge in [-0.05, 0) is 13.0 Å². The highest BCUT2D eigenvalue weighted by Gasteiger charge is 2.12. The van der Waals surface area contributed by atoms with E-state index in [-0.39, 0.29) is 5.91 Å². The molecule has 0 atom stereocenters. The van der Waals surface area contributed by atoms with Gasteiger partial charge < -0.3 is 4.90 Å². The molecule has 0 saturated heterocycles. The molecule has 0 radical (unpaired) electrons. The van der Waals surface area contributed by atoms with Gasteiger partial charge >= 0.3 is 0 Å². The van der Waals surface area contributed by atoms with Crippen molar-refractivity contribution in [3.63, 3.8) is 0 Å². The molecule has 2 aromatic heterocycles. The molecule has 0 aliphatic rings. The Labute approximate surface area is 91.6 Å². The van der Waals surface area contributed by atoms with Gasteiger partial charge in [0.1, 0.15) is 10.7 Å². The Bertz CT molecular complexity index is 518. The van der Waals surface area contributed by atoms with Crippen LogP contribution in [0.5, 0.6) is 0 Å². The number of carbonyl (C=O) groups excluding carboxylic acids is 1. The van der Waals surface area contributed by atoms with Crippen molar-refractivity contribution in [2.45, 2.75) is 6.92 Å². The largest absolute Gasteiger partial charge is 0.344 e. The zero-order valence-electron chi connectivity index (χ0n) is 8.81. The molecule has 2 rings (SSSR count). The highest BCUT2D eigenvalue weighted by atomic mass is 32.1. The molecule has 5 heteroatoms. The number of thiophene rings is 1. The highest BCUT2D eigenvalue weighted by molar-refractivity contribution is 7.20. The molecule has 0 fully saturated rings. The second kappa shape index (κ2) is 3.58. The summed E-state index contributed by atoms with van der Waals surface area (Å²) in [5.74, 6) is 0.740. The Morgan fingerprint density at radius 1 is 1.47 bits per heavy atom. The van der Waals surface area contributed by atoms with E-state index in [0.29, 0.717) is 4.88 Å². The van der Waals surface area contributed by atoms with Gasteiger partial charge in [0.2, 0.25) is 0 Å². The lowest BCUT2D eigenvalue weighted by Crippen LogP contribution is -2.20. The van der Waals surface area contributed by atoms with Crippen molar-refractivity contribution >= 4 is 27.5 Å². The standard InChI is InChI=1S/C10H11N3OS/c1-6-11-5-7-4-8(10(14)13(2)3)15-9(7)12-6/h4-5H,1-3H3. The van der Waals surface area contributed by atoms with Gasteiger partial charge in [-0.15, -0.1) is 11.3 Å². The number of aromatic nitrogens is 2. The molecule has 0 bridgehead atoms. The maximum atomic E-state index is 11.7. The molecule has 78 valence electrons. The third-order valence-corrected chi connectivity index (χ3v) is 3.04. The fraction of sp³-hybridized carbons (Fsp3) is 0.300. The van der Waals surface area contributed by atoms with Crippen LogP contribution in [-0.2, 0) is 0 Å². The Morgan fingerprint density at radius 3 is 2.87 bits per heavy atom. The molecule has 15 heavy (non-hydrogen) atoms. The summed E-state index contributed by atoms with van der Waals surface area (Å²) in [6.07, 6.45) is 1.75. The number of fused-ring (bicyclic) bond motifs is 1. The Hall–Kier alpha value is -1.49. The van der Waals surface area contributed by atoms with E-state index in [1.807, 2.05) is 13.0 Å². The summed E-state index contributed by atoms with van der Waals surface area (Å²) in [7, 11) is 3.48. The molecule has 2 heterocycles. The van der Waals surface area contributed by atoms with E-state index in [9.17, 15) is 4.79 Å². The van der Waals surface area contributed by atoms with Crippen molar-refractivity contribution in [1.82, 2.24) is 14.9 Å². The summed E-state index contributed by atoms with van der Waals surface area (Å²) in [6, 6.07) is 1.84. The van der Waals surface area contributed by atoms with E-state index >= 15 is 0 Å². The maximum Gasteiger partial charge on any atom is 0.263 e. The van der Waals surface area contributed by atoms with Crippen molar-refractivity contribution in [2.75, 3.05) is 14.1 Å². The summed E-state index contributed by atoms with van der Waals surface area (Å²) in [5.41, 5.74) is 0. The van der Waals surface area contributed by atoms with Crippen LogP contribution in [0.2, 0.25) is 0 Å². The fourth-order valence-corrected chi connectivity index (χ4v) is 2.31. The van der Waals surface area contributed by atoms with Crippen LogP contribution in [0.3, 0.4) is 0 Å². The predicted octanol–water partition coefficient (Wildman–Crippen LogP) is 1.70. The molecular formula is C10H11N3OS. The number of rotatable bonds is 1. The van der Waals surface area contributed by atoms with Gasteiger partial charge in [0, 0.05) is 25.7 Å². The van der Waals surface area contributed by atoms with Gasteiger partial charge in [-0.25, -0.2) is 9.97 Å². The lowest BCUT2D eigenvalue weighted by Gasteiger charge is -2.06. The second-order valence-electron chi connectivity index (χ2n) is 3.49. The van der Waals surface area contributed by atoms with E-state index in [1.54, 1.807) is 25.2 Å². The summed E-state index contributed by atoms with van der Waals surface area (Å²) < 4.78 is 0. The molecule has 2 aromatic rings. The third-order valence-electron chi connectivity index (χ3n) is 2.01. The van der Waals surface area contributed by atoms with Crippen LogP contribution >= 0.6 is 11.3 Å². The van der Waals surface area contributed by atoms with Crippen LogP contribution in [0.25, 0.3) is 10.2 Å². The van der Waals surface area contributed by atoms with Crippen LogP contribution < -0.4 is 0 Å². The molecule has 0 N–H and O–H groups in total. The van der Waals surface area contributed by atoms with Gasteiger partial charge in [0.15, 0.2) is 0 Å². The van der Waals surface area contributed by atoms with Crippen molar-refractivity contribution < 1.29 is 4.79 Å². The number of hydrogen-bond acceptors (Lipinski definition) is 4. The van der Waals surface area contributed by atoms with Crippen LogP contribution in [0.15, 0.2) is 12.3 Å². The molecule has 0 aromatic carbocycles. The quantitative estimate of drug-likeness (QED) is 0.736. The average molecular weight is 221 g/mol. The minimum Gasteiger partial charge on any atom is -0.344 e. The number of aryl methyl sites for hydroxylation is 1. The van der Waals surface area contributed by atoms with E-state index < -0.39 is 0 Å². The first-order chi connectivity index (χ1) is 7.08. The van der Waals surface area contributed by atoms with Crippen molar-refractivity contribution in [3.05, 3.63) is 23.0 Å². The summed E-state index contributed by atoms with van der Waals surface area (Å²) in [4.78, 5) is 23.2. The minimum atomic E-state index is 0.00986. The minimum absolute atomic E-state index is 0.00986. The first kappa shape index (κ1) is 10.0. The lowest BCUT2D eigenvalue weighted by molar-refractivity contribution is 0.0832. The molecule has 0 aliphatic carbocycles. The predicted molar refractivity (Wildman–Crippen MR) is 60.2 cm³/mol. The number of amides is 1. The molecule has 0 saturated carbocycles. The first-order valence-electron chi connectivity index (χ1n) is 4.53. The van der Waals surface area contributed by atoms with Crippen LogP contribution in [0.1, 0.15) is 15.5 Å². The van der Waals surface area contributed by atoms with Crippen LogP contribution in [0.4, 0.5) is 0 Å². The molecule has 0 unspecified atom stereocenters. The van der Waals surface area contributed by atoms with Gasteiger partial charge in [-0.1, -0.05) is 0 Å². The van der Waals surface area contributed by atoms with Gasteiger partial charge in [-0.3, -0.25) is 4.79 Å². The molecular weight excluding hydrogens is 210 g/mol. The zero-order chi connectivity index (χ0) is 11.0. The SMILES string of the molecule is Cc1ncc2cc(C(=O)N(C)C)sc2n1. The van der Waals surface area contributed by atoms with Crippen LogP contribution in [-0.4, -0.2) is 34.9 Å². The normalized spacial score (nSPS) is 10.6. The summed E-state index contributed by atoms with van der Waals surface area (Å²) in [5, 5.41) is 0.927. The zero-order valence-corrected chi connectivity index (χ0v) is 9.63. The smallest absolute Gasteiger partial charge is 0.263 e. The Kier molecular flexibility index (Phi) is 2.40. The molecule has 4 nitrogen and oxygen atoms in total. The number of carbonyl (C=O) groups is 1. The van der Waals surface area contributed by atoms with E-state index in [1.165, 1.54) is 11.3 Å². The molecule has 0 spiro atoms. The van der Waals surface area contributed by atoms with Gasteiger partial charge in [0.25, 0.3) is 5.91 Å². The maximum absolute atomic E-state index is 11.7. The first-order valence-corrected chi connectivity index (χ1v) is 5.34. The topological polar surface area (TPSA) is 46.1 Å². The van der Waals surface area contributed by atoms with Crippen molar-refractivity contribution in [2.24, 2.45) is 0 Å². The van der Waals surface area contributed by atoms with Crippen LogP contribution in [0, 0.1) is 6.92 Å². The molecule has 0 aliphatic heterocycles. The summed E-state index contributed by atoms with van der Waals surface area (Å²) in [6.45, 7) is 1.84. The molecule has 1 amide bonds. The third kappa shape index (κ3) is 1.83. The van der Waals surface area contributed by atoms with E-state index in [2.05, 4.69) is 9.97 Å². The monoisotopic (exact) mass is 221 g/mol. The van der Waals surface area contributed by atoms with E-state index in [4.69, 9.17) is 0 Å². The Balaban J connectivity index is 2.52. The second-order valence-corrected chi connectivity index (χ2v) is 4.52. The fourth-order valence-electron chi connectivity index (χ4n) is 1.24. The van der Waals surface area contributed by atoms with E-state index in [0.717, 1.165) is 16.0 Å². The van der Waals surface area contributed by atoms with Crippen molar-refractivity contribution in [1.29, 1.82) is 0 Å². The van der Waals surface area contributed by atoms with Gasteiger partial charge in [-0.2, -0.15) is 0 Å². The lowest BCUT2D eigenvalue weighted by atomic mass is 10.3. The Morgan fingerprint density at radius 2 is 2.20 bits per heavy atom. The number of hydrogen-bond donors (Lipinski definition) is 0. The summed E-state index contributed by atoms with van der Waals surface area (Å²) >= 11 is 1.41. The highest BCUT2D eigenvalue weighted by Crippen LogP contribution is 2.23. The van der Waals surface area contributed by atoms with Gasteiger partial charge in [0.05, 0.1) is 4.88 Å².